The Morgan fingerprint density at radius 2 is 1.83 bits per heavy atom. The van der Waals surface area contributed by atoms with E-state index < -0.39 is 0 Å². The fourth-order valence-corrected chi connectivity index (χ4v) is 4.27. The van der Waals surface area contributed by atoms with E-state index in [1.165, 1.54) is 28.0 Å². The number of rotatable bonds is 5. The number of benzene rings is 2. The number of nitrogens with zero attached hydrogens (tertiary/aromatic N) is 1. The van der Waals surface area contributed by atoms with Gasteiger partial charge in [-0.2, -0.15) is 0 Å². The molecule has 0 spiro atoms. The minimum absolute atomic E-state index is 0.0654. The van der Waals surface area contributed by atoms with Crippen molar-refractivity contribution < 1.29 is 9.53 Å². The lowest BCUT2D eigenvalue weighted by atomic mass is 9.70. The van der Waals surface area contributed by atoms with E-state index >= 15 is 0 Å². The predicted molar refractivity (Wildman–Crippen MR) is 122 cm³/mol. The Labute approximate surface area is 175 Å². The van der Waals surface area contributed by atoms with E-state index in [0.29, 0.717) is 18.1 Å². The zero-order valence-corrected chi connectivity index (χ0v) is 18.8. The van der Waals surface area contributed by atoms with Crippen molar-refractivity contribution in [1.29, 1.82) is 0 Å². The highest BCUT2D eigenvalue weighted by Crippen LogP contribution is 2.47. The van der Waals surface area contributed by atoms with Crippen molar-refractivity contribution in [2.24, 2.45) is 5.92 Å². The van der Waals surface area contributed by atoms with Gasteiger partial charge >= 0.3 is 5.97 Å². The minimum atomic E-state index is -0.275. The molecule has 0 saturated carbocycles. The number of allylic oxidation sites excluding steroid dienone is 2. The molecule has 2 aromatic carbocycles. The van der Waals surface area contributed by atoms with E-state index in [4.69, 9.17) is 4.74 Å². The van der Waals surface area contributed by atoms with Crippen LogP contribution in [0.15, 0.2) is 42.5 Å². The fraction of sp³-hybridized carbons (Fsp3) is 0.423. The third-order valence-corrected chi connectivity index (χ3v) is 5.83. The average molecular weight is 392 g/mol. The van der Waals surface area contributed by atoms with Crippen molar-refractivity contribution in [1.82, 2.24) is 0 Å². The normalized spacial score (nSPS) is 15.0. The van der Waals surface area contributed by atoms with Gasteiger partial charge < -0.3 is 9.64 Å². The van der Waals surface area contributed by atoms with Crippen LogP contribution >= 0.6 is 0 Å². The van der Waals surface area contributed by atoms with Crippen LogP contribution in [0.3, 0.4) is 0 Å². The quantitative estimate of drug-likeness (QED) is 0.534. The van der Waals surface area contributed by atoms with Crippen LogP contribution in [0.2, 0.25) is 0 Å². The van der Waals surface area contributed by atoms with Crippen LogP contribution in [0.25, 0.3) is 5.57 Å². The van der Waals surface area contributed by atoms with Gasteiger partial charge in [-0.1, -0.05) is 39.8 Å². The SMILES string of the molecule is CCOC(=O)c1ccc(N(C)c2cc(C)cc3c2C(C)(C)CC=C3C(C)C)cc1. The maximum Gasteiger partial charge on any atom is 0.338 e. The monoisotopic (exact) mass is 391 g/mol. The molecule has 1 aliphatic carbocycles. The van der Waals surface area contributed by atoms with Crippen LogP contribution < -0.4 is 4.90 Å². The first-order chi connectivity index (χ1) is 13.7. The zero-order chi connectivity index (χ0) is 21.3. The third-order valence-electron chi connectivity index (χ3n) is 5.83. The minimum Gasteiger partial charge on any atom is -0.462 e. The van der Waals surface area contributed by atoms with Gasteiger partial charge in [0, 0.05) is 18.4 Å². The van der Waals surface area contributed by atoms with E-state index in [9.17, 15) is 4.79 Å². The molecule has 0 radical (unpaired) electrons. The second-order valence-corrected chi connectivity index (χ2v) is 8.94. The summed E-state index contributed by atoms with van der Waals surface area (Å²) in [5.74, 6) is 0.219. The molecule has 0 fully saturated rings. The van der Waals surface area contributed by atoms with E-state index in [0.717, 1.165) is 12.1 Å². The Morgan fingerprint density at radius 3 is 2.41 bits per heavy atom. The molecule has 29 heavy (non-hydrogen) atoms. The largest absolute Gasteiger partial charge is 0.462 e. The molecule has 3 nitrogen and oxygen atoms in total. The number of hydrogen-bond donors (Lipinski definition) is 0. The average Bonchev–Trinajstić information content (AvgIpc) is 2.66. The van der Waals surface area contributed by atoms with Gasteiger partial charge in [0.05, 0.1) is 12.2 Å². The molecule has 0 saturated heterocycles. The van der Waals surface area contributed by atoms with Crippen LogP contribution in [0.5, 0.6) is 0 Å². The molecule has 3 rings (SSSR count). The summed E-state index contributed by atoms with van der Waals surface area (Å²) in [4.78, 5) is 14.2. The predicted octanol–water partition coefficient (Wildman–Crippen LogP) is 6.66. The van der Waals surface area contributed by atoms with Gasteiger partial charge in [-0.15, -0.1) is 0 Å². The highest BCUT2D eigenvalue weighted by molar-refractivity contribution is 5.90. The molecule has 0 amide bonds. The Hall–Kier alpha value is -2.55. The standard InChI is InChI=1S/C26H33NO2/c1-8-29-25(28)19-9-11-20(12-10-19)27(7)23-16-18(4)15-22-21(17(2)3)13-14-26(5,6)24(22)23/h9-13,15-17H,8,14H2,1-7H3. The highest BCUT2D eigenvalue weighted by atomic mass is 16.5. The molecule has 0 bridgehead atoms. The van der Waals surface area contributed by atoms with Crippen molar-refractivity contribution in [3.05, 3.63) is 64.7 Å². The topological polar surface area (TPSA) is 29.5 Å². The number of anilines is 2. The molecule has 0 atom stereocenters. The van der Waals surface area contributed by atoms with Gasteiger partial charge in [0.25, 0.3) is 0 Å². The lowest BCUT2D eigenvalue weighted by Gasteiger charge is -2.38. The van der Waals surface area contributed by atoms with Gasteiger partial charge in [-0.25, -0.2) is 4.79 Å². The molecule has 0 heterocycles. The van der Waals surface area contributed by atoms with Gasteiger partial charge in [-0.05, 0) is 84.2 Å². The summed E-state index contributed by atoms with van der Waals surface area (Å²) in [5, 5.41) is 0. The fourth-order valence-electron chi connectivity index (χ4n) is 4.27. The molecular weight excluding hydrogens is 358 g/mol. The summed E-state index contributed by atoms with van der Waals surface area (Å²) >= 11 is 0. The van der Waals surface area contributed by atoms with Gasteiger partial charge in [-0.3, -0.25) is 0 Å². The maximum absolute atomic E-state index is 12.0. The van der Waals surface area contributed by atoms with E-state index in [1.807, 2.05) is 31.2 Å². The molecule has 0 aliphatic heterocycles. The zero-order valence-electron chi connectivity index (χ0n) is 18.8. The van der Waals surface area contributed by atoms with E-state index in [2.05, 4.69) is 64.8 Å². The number of carbonyl (C=O) groups is 1. The third kappa shape index (κ3) is 4.10. The second-order valence-electron chi connectivity index (χ2n) is 8.94. The van der Waals surface area contributed by atoms with Crippen molar-refractivity contribution >= 4 is 22.9 Å². The Balaban J connectivity index is 2.07. The molecule has 0 unspecified atom stereocenters. The van der Waals surface area contributed by atoms with E-state index in [-0.39, 0.29) is 11.4 Å². The first kappa shape index (κ1) is 21.2. The molecule has 2 aromatic rings. The first-order valence-corrected chi connectivity index (χ1v) is 10.5. The summed E-state index contributed by atoms with van der Waals surface area (Å²) in [7, 11) is 2.11. The molecule has 3 heteroatoms. The summed E-state index contributed by atoms with van der Waals surface area (Å²) in [6.07, 6.45) is 3.46. The lowest BCUT2D eigenvalue weighted by Crippen LogP contribution is -2.27. The van der Waals surface area contributed by atoms with Crippen LogP contribution in [-0.4, -0.2) is 19.6 Å². The number of hydrogen-bond acceptors (Lipinski definition) is 3. The highest BCUT2D eigenvalue weighted by Gasteiger charge is 2.33. The van der Waals surface area contributed by atoms with Crippen LogP contribution in [0, 0.1) is 12.8 Å². The maximum atomic E-state index is 12.0. The van der Waals surface area contributed by atoms with Crippen molar-refractivity contribution in [3.8, 4) is 0 Å². The van der Waals surface area contributed by atoms with Crippen LogP contribution in [-0.2, 0) is 10.2 Å². The molecule has 0 N–H and O–H groups in total. The van der Waals surface area contributed by atoms with E-state index in [1.54, 1.807) is 0 Å². The Bertz CT molecular complexity index is 936. The summed E-state index contributed by atoms with van der Waals surface area (Å²) < 4.78 is 5.11. The summed E-state index contributed by atoms with van der Waals surface area (Å²) in [6, 6.07) is 12.3. The number of ether oxygens (including phenoxy) is 1. The van der Waals surface area contributed by atoms with Crippen LogP contribution in [0.4, 0.5) is 11.4 Å². The smallest absolute Gasteiger partial charge is 0.338 e. The lowest BCUT2D eigenvalue weighted by molar-refractivity contribution is 0.0526. The van der Waals surface area contributed by atoms with Gasteiger partial charge in [0.1, 0.15) is 0 Å². The second kappa shape index (κ2) is 8.06. The number of aryl methyl sites for hydroxylation is 1. The van der Waals surface area contributed by atoms with Crippen molar-refractivity contribution in [2.75, 3.05) is 18.6 Å². The molecule has 0 aromatic heterocycles. The Morgan fingerprint density at radius 1 is 1.17 bits per heavy atom. The Kier molecular flexibility index (Phi) is 5.88. The molecule has 154 valence electrons. The number of carbonyl (C=O) groups excluding carboxylic acids is 1. The first-order valence-electron chi connectivity index (χ1n) is 10.5. The van der Waals surface area contributed by atoms with Gasteiger partial charge in [0.2, 0.25) is 0 Å². The van der Waals surface area contributed by atoms with Crippen molar-refractivity contribution in [2.45, 2.75) is 53.4 Å². The van der Waals surface area contributed by atoms with Crippen molar-refractivity contribution in [3.63, 3.8) is 0 Å². The molecule has 1 aliphatic rings. The molecular formula is C26H33NO2. The number of esters is 1. The number of fused-ring (bicyclic) bond motifs is 1. The van der Waals surface area contributed by atoms with Crippen LogP contribution in [0.1, 0.15) is 68.1 Å². The summed E-state index contributed by atoms with van der Waals surface area (Å²) in [5.41, 5.74) is 8.43. The summed E-state index contributed by atoms with van der Waals surface area (Å²) in [6.45, 7) is 13.6. The van der Waals surface area contributed by atoms with Gasteiger partial charge in [0.15, 0.2) is 0 Å².